The molecule has 1 aromatic carbocycles. The van der Waals surface area contributed by atoms with E-state index in [2.05, 4.69) is 43.6 Å². The van der Waals surface area contributed by atoms with Crippen molar-refractivity contribution in [3.63, 3.8) is 0 Å². The number of hydrogen-bond acceptors (Lipinski definition) is 1. The molecule has 0 radical (unpaired) electrons. The van der Waals surface area contributed by atoms with Crippen molar-refractivity contribution >= 4 is 15.9 Å². The monoisotopic (exact) mass is 316 g/mol. The van der Waals surface area contributed by atoms with Crippen LogP contribution in [0.3, 0.4) is 0 Å². The molecule has 18 heavy (non-hydrogen) atoms. The van der Waals surface area contributed by atoms with Gasteiger partial charge in [-0.3, -0.25) is 0 Å². The van der Waals surface area contributed by atoms with E-state index in [1.54, 1.807) is 19.2 Å². The average Bonchev–Trinajstić information content (AvgIpc) is 2.27. The predicted octanol–water partition coefficient (Wildman–Crippen LogP) is 5.34. The fourth-order valence-corrected chi connectivity index (χ4v) is 2.61. The molecular formula is C15H22BrFO. The van der Waals surface area contributed by atoms with Gasteiger partial charge in [-0.2, -0.15) is 0 Å². The molecule has 1 aromatic rings. The van der Waals surface area contributed by atoms with Crippen LogP contribution in [0.4, 0.5) is 4.39 Å². The number of halogens is 2. The normalized spacial score (nSPS) is 15.3. The summed E-state index contributed by atoms with van der Waals surface area (Å²) < 4.78 is 18.9. The van der Waals surface area contributed by atoms with E-state index in [1.165, 1.54) is 6.07 Å². The summed E-state index contributed by atoms with van der Waals surface area (Å²) in [6.07, 6.45) is 0.909. The molecule has 0 bridgehead atoms. The van der Waals surface area contributed by atoms with Gasteiger partial charge >= 0.3 is 0 Å². The Morgan fingerprint density at radius 3 is 2.39 bits per heavy atom. The Hall–Kier alpha value is -0.570. The van der Waals surface area contributed by atoms with Crippen LogP contribution in [0.15, 0.2) is 18.2 Å². The van der Waals surface area contributed by atoms with E-state index in [9.17, 15) is 4.39 Å². The average molecular weight is 317 g/mol. The van der Waals surface area contributed by atoms with Crippen LogP contribution in [0.5, 0.6) is 5.75 Å². The predicted molar refractivity (Wildman–Crippen MR) is 77.9 cm³/mol. The zero-order chi connectivity index (χ0) is 13.9. The Kier molecular flexibility index (Phi) is 5.20. The second kappa shape index (κ2) is 6.05. The molecule has 0 saturated carbocycles. The summed E-state index contributed by atoms with van der Waals surface area (Å²) in [5.41, 5.74) is 0.932. The van der Waals surface area contributed by atoms with Crippen molar-refractivity contribution in [2.75, 3.05) is 7.11 Å². The highest BCUT2D eigenvalue weighted by Gasteiger charge is 2.24. The summed E-state index contributed by atoms with van der Waals surface area (Å²) in [6, 6.07) is 5.03. The van der Waals surface area contributed by atoms with Gasteiger partial charge in [-0.25, -0.2) is 4.39 Å². The lowest BCUT2D eigenvalue weighted by Gasteiger charge is -2.29. The SMILES string of the molecule is COc1ccc(C(Br)CC(C)C(C)(C)C)c(F)c1. The second-order valence-corrected chi connectivity index (χ2v) is 6.96. The lowest BCUT2D eigenvalue weighted by atomic mass is 9.79. The molecule has 0 spiro atoms. The molecule has 0 aliphatic heterocycles. The van der Waals surface area contributed by atoms with E-state index < -0.39 is 0 Å². The quantitative estimate of drug-likeness (QED) is 0.681. The Bertz CT molecular complexity index is 398. The zero-order valence-corrected chi connectivity index (χ0v) is 13.3. The standard InChI is InChI=1S/C15H22BrFO/c1-10(15(2,3)4)8-13(16)12-7-6-11(18-5)9-14(12)17/h6-7,9-10,13H,8H2,1-5H3. The molecule has 102 valence electrons. The van der Waals surface area contributed by atoms with Gasteiger partial charge in [0.15, 0.2) is 0 Å². The highest BCUT2D eigenvalue weighted by molar-refractivity contribution is 9.09. The molecule has 2 unspecified atom stereocenters. The van der Waals surface area contributed by atoms with Crippen molar-refractivity contribution in [2.24, 2.45) is 11.3 Å². The topological polar surface area (TPSA) is 9.23 Å². The van der Waals surface area contributed by atoms with Gasteiger partial charge in [0, 0.05) is 16.5 Å². The van der Waals surface area contributed by atoms with Crippen LogP contribution >= 0.6 is 15.9 Å². The van der Waals surface area contributed by atoms with Crippen LogP contribution in [0.1, 0.15) is 44.5 Å². The van der Waals surface area contributed by atoms with Crippen LogP contribution in [0, 0.1) is 17.2 Å². The largest absolute Gasteiger partial charge is 0.497 e. The van der Waals surface area contributed by atoms with Crippen molar-refractivity contribution in [1.82, 2.24) is 0 Å². The molecule has 1 nitrogen and oxygen atoms in total. The van der Waals surface area contributed by atoms with E-state index in [0.717, 1.165) is 6.42 Å². The summed E-state index contributed by atoms with van der Waals surface area (Å²) >= 11 is 3.60. The smallest absolute Gasteiger partial charge is 0.131 e. The minimum absolute atomic E-state index is 0.0395. The molecule has 0 aliphatic carbocycles. The number of ether oxygens (including phenoxy) is 1. The van der Waals surface area contributed by atoms with Gasteiger partial charge in [0.25, 0.3) is 0 Å². The highest BCUT2D eigenvalue weighted by Crippen LogP contribution is 2.38. The number of methoxy groups -OCH3 is 1. The van der Waals surface area contributed by atoms with Crippen LogP contribution in [-0.2, 0) is 0 Å². The van der Waals surface area contributed by atoms with Gasteiger partial charge < -0.3 is 4.74 Å². The first-order valence-electron chi connectivity index (χ1n) is 6.23. The lowest BCUT2D eigenvalue weighted by Crippen LogP contribution is -2.18. The molecule has 0 N–H and O–H groups in total. The molecule has 0 aliphatic rings. The molecule has 0 aromatic heterocycles. The maximum atomic E-state index is 13.9. The van der Waals surface area contributed by atoms with Gasteiger partial charge in [0.05, 0.1) is 7.11 Å². The van der Waals surface area contributed by atoms with Gasteiger partial charge in [-0.1, -0.05) is 49.7 Å². The maximum absolute atomic E-state index is 13.9. The van der Waals surface area contributed by atoms with Crippen LogP contribution < -0.4 is 4.74 Å². The van der Waals surface area contributed by atoms with Crippen molar-refractivity contribution in [3.05, 3.63) is 29.6 Å². The minimum atomic E-state index is -0.211. The summed E-state index contributed by atoms with van der Waals surface area (Å²) in [6.45, 7) is 8.83. The summed E-state index contributed by atoms with van der Waals surface area (Å²) in [5, 5.41) is 0. The highest BCUT2D eigenvalue weighted by atomic mass is 79.9. The van der Waals surface area contributed by atoms with Gasteiger partial charge in [-0.05, 0) is 23.8 Å². The first-order chi connectivity index (χ1) is 8.25. The fourth-order valence-electron chi connectivity index (χ4n) is 1.68. The van der Waals surface area contributed by atoms with Crippen LogP contribution in [-0.4, -0.2) is 7.11 Å². The molecule has 1 rings (SSSR count). The Morgan fingerprint density at radius 1 is 1.33 bits per heavy atom. The molecule has 0 heterocycles. The van der Waals surface area contributed by atoms with Crippen molar-refractivity contribution in [1.29, 1.82) is 0 Å². The number of benzene rings is 1. The molecule has 0 fully saturated rings. The lowest BCUT2D eigenvalue weighted by molar-refractivity contribution is 0.246. The van der Waals surface area contributed by atoms with Gasteiger partial charge in [-0.15, -0.1) is 0 Å². The molecule has 0 saturated heterocycles. The number of alkyl halides is 1. The number of hydrogen-bond donors (Lipinski definition) is 0. The molecule has 0 amide bonds. The van der Waals surface area contributed by atoms with E-state index in [4.69, 9.17) is 4.74 Å². The van der Waals surface area contributed by atoms with E-state index in [0.29, 0.717) is 17.2 Å². The van der Waals surface area contributed by atoms with Crippen LogP contribution in [0.25, 0.3) is 0 Å². The third-order valence-electron chi connectivity index (χ3n) is 3.58. The minimum Gasteiger partial charge on any atom is -0.497 e. The summed E-state index contributed by atoms with van der Waals surface area (Å²) in [7, 11) is 1.54. The first-order valence-corrected chi connectivity index (χ1v) is 7.14. The Morgan fingerprint density at radius 2 is 1.94 bits per heavy atom. The van der Waals surface area contributed by atoms with E-state index in [-0.39, 0.29) is 16.1 Å². The molecule has 2 atom stereocenters. The third kappa shape index (κ3) is 3.98. The summed E-state index contributed by atoms with van der Waals surface area (Å²) in [4.78, 5) is 0.0395. The molecular weight excluding hydrogens is 295 g/mol. The third-order valence-corrected chi connectivity index (χ3v) is 4.45. The van der Waals surface area contributed by atoms with Gasteiger partial charge in [0.2, 0.25) is 0 Å². The maximum Gasteiger partial charge on any atom is 0.131 e. The zero-order valence-electron chi connectivity index (χ0n) is 11.8. The van der Waals surface area contributed by atoms with Crippen molar-refractivity contribution < 1.29 is 9.13 Å². The Balaban J connectivity index is 2.81. The summed E-state index contributed by atoms with van der Waals surface area (Å²) in [5.74, 6) is 0.848. The first kappa shape index (κ1) is 15.5. The molecule has 3 heteroatoms. The second-order valence-electron chi connectivity index (χ2n) is 5.86. The van der Waals surface area contributed by atoms with E-state index in [1.807, 2.05) is 0 Å². The van der Waals surface area contributed by atoms with Crippen LogP contribution in [0.2, 0.25) is 0 Å². The Labute approximate surface area is 118 Å². The van der Waals surface area contributed by atoms with Gasteiger partial charge in [0.1, 0.15) is 11.6 Å². The fraction of sp³-hybridized carbons (Fsp3) is 0.600. The van der Waals surface area contributed by atoms with E-state index >= 15 is 0 Å². The van der Waals surface area contributed by atoms with Crippen molar-refractivity contribution in [2.45, 2.75) is 38.9 Å². The van der Waals surface area contributed by atoms with Crippen molar-refractivity contribution in [3.8, 4) is 5.75 Å². The number of rotatable bonds is 4.